The normalized spacial score (nSPS) is 13.8. The van der Waals surface area contributed by atoms with E-state index < -0.39 is 0 Å². The number of rotatable bonds is 8. The van der Waals surface area contributed by atoms with E-state index in [-0.39, 0.29) is 12.4 Å². The van der Waals surface area contributed by atoms with Crippen LogP contribution < -0.4 is 4.90 Å². The Labute approximate surface area is 296 Å². The van der Waals surface area contributed by atoms with Crippen molar-refractivity contribution in [2.75, 3.05) is 18.0 Å². The van der Waals surface area contributed by atoms with E-state index in [0.717, 1.165) is 43.5 Å². The first-order valence-electron chi connectivity index (χ1n) is 16.6. The average Bonchev–Trinajstić information content (AvgIpc) is 3.06. The number of pyridine rings is 1. The average molecular weight is 709 g/mol. The highest BCUT2D eigenvalue weighted by Crippen LogP contribution is 2.31. The summed E-state index contributed by atoms with van der Waals surface area (Å²) in [6, 6.07) is 30.0. The fraction of sp³-hybridized carbons (Fsp3) is 0.310. The molecule has 6 rings (SSSR count). The second-order valence-corrected chi connectivity index (χ2v) is 14.3. The van der Waals surface area contributed by atoms with Gasteiger partial charge < -0.3 is 4.90 Å². The Bertz CT molecular complexity index is 1790. The van der Waals surface area contributed by atoms with Crippen molar-refractivity contribution in [3.63, 3.8) is 0 Å². The molecule has 0 saturated carbocycles. The molecule has 5 aromatic rings. The second kappa shape index (κ2) is 15.2. The van der Waals surface area contributed by atoms with Crippen molar-refractivity contribution in [1.29, 1.82) is 0 Å². The predicted molar refractivity (Wildman–Crippen MR) is 206 cm³/mol. The van der Waals surface area contributed by atoms with E-state index >= 15 is 0 Å². The molecule has 3 nitrogen and oxygen atoms in total. The molecule has 1 aliphatic rings. The molecule has 1 saturated heterocycles. The van der Waals surface area contributed by atoms with Crippen LogP contribution in [-0.2, 0) is 13.1 Å². The van der Waals surface area contributed by atoms with Gasteiger partial charge in [0, 0.05) is 60.3 Å². The van der Waals surface area contributed by atoms with E-state index in [1.807, 2.05) is 12.4 Å². The van der Waals surface area contributed by atoms with Gasteiger partial charge in [0.25, 0.3) is 0 Å². The van der Waals surface area contributed by atoms with E-state index in [0.29, 0.717) is 6.04 Å². The van der Waals surface area contributed by atoms with Gasteiger partial charge in [0.15, 0.2) is 0 Å². The van der Waals surface area contributed by atoms with Crippen molar-refractivity contribution in [1.82, 2.24) is 9.88 Å². The second-order valence-electron chi connectivity index (χ2n) is 13.4. The van der Waals surface area contributed by atoms with Crippen LogP contribution in [0.15, 0.2) is 95.7 Å². The molecule has 4 aromatic carbocycles. The highest BCUT2D eigenvalue weighted by atomic mass is 79.9. The summed E-state index contributed by atoms with van der Waals surface area (Å²) in [5.74, 6) is 0. The summed E-state index contributed by atoms with van der Waals surface area (Å²) in [5.41, 5.74) is 17.1. The Hall–Kier alpha value is -3.44. The van der Waals surface area contributed by atoms with Gasteiger partial charge in [-0.05, 0) is 152 Å². The van der Waals surface area contributed by atoms with E-state index in [4.69, 9.17) is 4.98 Å². The first-order chi connectivity index (χ1) is 22.1. The summed E-state index contributed by atoms with van der Waals surface area (Å²) < 4.78 is 1.11. The highest BCUT2D eigenvalue weighted by Gasteiger charge is 2.26. The molecule has 244 valence electrons. The fourth-order valence-electron chi connectivity index (χ4n) is 6.89. The number of aromatic nitrogens is 1. The first kappa shape index (κ1) is 34.9. The maximum Gasteiger partial charge on any atom is 0.0448 e. The van der Waals surface area contributed by atoms with Crippen molar-refractivity contribution in [3.8, 4) is 22.3 Å². The van der Waals surface area contributed by atoms with Gasteiger partial charge in [0.1, 0.15) is 0 Å². The minimum absolute atomic E-state index is 0. The van der Waals surface area contributed by atoms with Crippen molar-refractivity contribution >= 4 is 34.0 Å². The fourth-order valence-corrected chi connectivity index (χ4v) is 7.16. The molecule has 47 heavy (non-hydrogen) atoms. The summed E-state index contributed by atoms with van der Waals surface area (Å²) in [4.78, 5) is 9.95. The number of nitrogens with zero attached hydrogens (tertiary/aromatic N) is 3. The lowest BCUT2D eigenvalue weighted by molar-refractivity contribution is 0.201. The molecule has 0 N–H and O–H groups in total. The molecule has 2 heterocycles. The standard InChI is InChI=1S/C42H46BrN3.ClH/c1-28-18-37(19-29(2)32(28)5)36-9-7-8-34(22-36)26-45-16-14-42(15-17-45)46(41-12-10-40(43)11-13-41)27-35-23-39(25-44-24-35)38-20-30(3)33(6)31(4)21-38;/h7-13,18-25,42H,14-17,26-27H2,1-6H3;1H. The molecule has 0 amide bonds. The number of benzene rings is 4. The van der Waals surface area contributed by atoms with Crippen LogP contribution in [0.3, 0.4) is 0 Å². The predicted octanol–water partition coefficient (Wildman–Crippen LogP) is 11.1. The monoisotopic (exact) mass is 707 g/mol. The summed E-state index contributed by atoms with van der Waals surface area (Å²) in [7, 11) is 0. The Kier molecular flexibility index (Phi) is 11.3. The molecule has 0 spiro atoms. The third-order valence-corrected chi connectivity index (χ3v) is 10.7. The SMILES string of the molecule is Cc1cc(-c2cccc(CN3CCC(N(Cc4cncc(-c5cc(C)c(C)c(C)c5)c4)c4ccc(Br)cc4)CC3)c2)cc(C)c1C.Cl. The number of anilines is 1. The topological polar surface area (TPSA) is 19.4 Å². The number of piperidine rings is 1. The van der Waals surface area contributed by atoms with Crippen LogP contribution in [0.25, 0.3) is 22.3 Å². The zero-order chi connectivity index (χ0) is 32.4. The van der Waals surface area contributed by atoms with Gasteiger partial charge in [0.2, 0.25) is 0 Å². The van der Waals surface area contributed by atoms with Crippen molar-refractivity contribution in [2.24, 2.45) is 0 Å². The van der Waals surface area contributed by atoms with E-state index in [1.165, 1.54) is 72.4 Å². The van der Waals surface area contributed by atoms with E-state index in [1.54, 1.807) is 0 Å². The van der Waals surface area contributed by atoms with Crippen molar-refractivity contribution in [2.45, 2.75) is 73.5 Å². The van der Waals surface area contributed by atoms with Crippen LogP contribution >= 0.6 is 28.3 Å². The lowest BCUT2D eigenvalue weighted by Crippen LogP contribution is -2.44. The Morgan fingerprint density at radius 1 is 0.660 bits per heavy atom. The van der Waals surface area contributed by atoms with Crippen molar-refractivity contribution < 1.29 is 0 Å². The van der Waals surface area contributed by atoms with Crippen LogP contribution in [-0.4, -0.2) is 29.0 Å². The molecule has 0 unspecified atom stereocenters. The van der Waals surface area contributed by atoms with Gasteiger partial charge in [-0.1, -0.05) is 58.4 Å². The lowest BCUT2D eigenvalue weighted by atomic mass is 9.95. The van der Waals surface area contributed by atoms with Crippen LogP contribution in [0.1, 0.15) is 57.3 Å². The van der Waals surface area contributed by atoms with Crippen molar-refractivity contribution in [3.05, 3.63) is 140 Å². The molecule has 1 aliphatic heterocycles. The number of hydrogen-bond acceptors (Lipinski definition) is 3. The number of likely N-dealkylation sites (tertiary alicyclic amines) is 1. The Morgan fingerprint density at radius 3 is 1.81 bits per heavy atom. The lowest BCUT2D eigenvalue weighted by Gasteiger charge is -2.40. The summed E-state index contributed by atoms with van der Waals surface area (Å²) in [5, 5.41) is 0. The number of aryl methyl sites for hydroxylation is 4. The maximum absolute atomic E-state index is 4.71. The minimum Gasteiger partial charge on any atom is -0.364 e. The molecular weight excluding hydrogens is 662 g/mol. The summed E-state index contributed by atoms with van der Waals surface area (Å²) in [6.45, 7) is 17.3. The Morgan fingerprint density at radius 2 is 1.21 bits per heavy atom. The van der Waals surface area contributed by atoms with Crippen LogP contribution in [0, 0.1) is 41.5 Å². The summed E-state index contributed by atoms with van der Waals surface area (Å²) >= 11 is 3.64. The van der Waals surface area contributed by atoms with Gasteiger partial charge in [0.05, 0.1) is 0 Å². The molecule has 1 aromatic heterocycles. The van der Waals surface area contributed by atoms with Gasteiger partial charge in [-0.25, -0.2) is 0 Å². The smallest absolute Gasteiger partial charge is 0.0448 e. The number of hydrogen-bond donors (Lipinski definition) is 0. The van der Waals surface area contributed by atoms with Crippen LogP contribution in [0.4, 0.5) is 5.69 Å². The van der Waals surface area contributed by atoms with Gasteiger partial charge in [-0.2, -0.15) is 0 Å². The molecular formula is C42H47BrClN3. The largest absolute Gasteiger partial charge is 0.364 e. The third kappa shape index (κ3) is 8.17. The van der Waals surface area contributed by atoms with E-state index in [9.17, 15) is 0 Å². The quantitative estimate of drug-likeness (QED) is 0.160. The molecule has 0 atom stereocenters. The van der Waals surface area contributed by atoms with Gasteiger partial charge in [-0.15, -0.1) is 12.4 Å². The molecule has 1 fully saturated rings. The zero-order valence-corrected chi connectivity index (χ0v) is 31.0. The Balaban J connectivity index is 0.00000433. The highest BCUT2D eigenvalue weighted by molar-refractivity contribution is 9.10. The van der Waals surface area contributed by atoms with Crippen LogP contribution in [0.5, 0.6) is 0 Å². The molecule has 0 radical (unpaired) electrons. The molecule has 0 aliphatic carbocycles. The molecule has 0 bridgehead atoms. The number of halogens is 2. The molecule has 5 heteroatoms. The first-order valence-corrected chi connectivity index (χ1v) is 17.4. The van der Waals surface area contributed by atoms with Gasteiger partial charge in [-0.3, -0.25) is 9.88 Å². The van der Waals surface area contributed by atoms with Gasteiger partial charge >= 0.3 is 0 Å². The van der Waals surface area contributed by atoms with E-state index in [2.05, 4.69) is 146 Å². The van der Waals surface area contributed by atoms with Crippen LogP contribution in [0.2, 0.25) is 0 Å². The zero-order valence-electron chi connectivity index (χ0n) is 28.6. The minimum atomic E-state index is 0. The maximum atomic E-state index is 4.71. The third-order valence-electron chi connectivity index (χ3n) is 10.2. The summed E-state index contributed by atoms with van der Waals surface area (Å²) in [6.07, 6.45) is 6.32.